The molecular weight excluding hydrogens is 688 g/mol. The Morgan fingerprint density at radius 3 is 1.94 bits per heavy atom. The fraction of sp³-hybridized carbons (Fsp3) is 0.450. The summed E-state index contributed by atoms with van der Waals surface area (Å²) in [6.07, 6.45) is 3.60. The van der Waals surface area contributed by atoms with Crippen LogP contribution in [0.1, 0.15) is 88.1 Å². The number of alkyl carbamates (subject to hydrolysis) is 2. The van der Waals surface area contributed by atoms with Gasteiger partial charge in [0.25, 0.3) is 0 Å². The van der Waals surface area contributed by atoms with Gasteiger partial charge in [-0.3, -0.25) is 9.59 Å². The standard InChI is InChI=1S/C40H48N8O6/c1-23(2)32(45-39(51)53-5)37(49)47-19-7-9-30(47)35-34(41-22-42-35)27-16-13-25(14-17-27)11-12-26-15-18-28-29(21-26)44-36(43-28)31-10-8-20-48(31)38(50)33(24(3)4)46-40(52)54-6/h13-18,21-24,30-33H,7-10,19-20H2,1-6H3,(H,41,42)(H,43,44)(H,45,51)(H,46,52)/t30-,31+,32+,33-/m1/s1. The van der Waals surface area contributed by atoms with Crippen LogP contribution in [-0.4, -0.2) is 93.1 Å². The van der Waals surface area contributed by atoms with E-state index < -0.39 is 24.3 Å². The molecule has 2 aliphatic rings. The van der Waals surface area contributed by atoms with Gasteiger partial charge in [0.2, 0.25) is 11.8 Å². The number of fused-ring (bicyclic) bond motifs is 1. The molecule has 4 aromatic rings. The van der Waals surface area contributed by atoms with Crippen LogP contribution in [0.3, 0.4) is 0 Å². The molecule has 2 aliphatic heterocycles. The first-order chi connectivity index (χ1) is 26.0. The number of carbonyl (C=O) groups is 4. The average molecular weight is 737 g/mol. The van der Waals surface area contributed by atoms with Crippen molar-refractivity contribution in [3.8, 4) is 23.1 Å². The number of aromatic nitrogens is 4. The molecule has 0 spiro atoms. The van der Waals surface area contributed by atoms with Crippen molar-refractivity contribution in [1.29, 1.82) is 0 Å². The highest BCUT2D eigenvalue weighted by molar-refractivity contribution is 5.87. The zero-order valence-corrected chi connectivity index (χ0v) is 31.6. The normalized spacial score (nSPS) is 18.0. The van der Waals surface area contributed by atoms with Crippen molar-refractivity contribution in [3.63, 3.8) is 0 Å². The second kappa shape index (κ2) is 16.4. The fourth-order valence-corrected chi connectivity index (χ4v) is 7.31. The molecule has 54 heavy (non-hydrogen) atoms. The summed E-state index contributed by atoms with van der Waals surface area (Å²) in [4.78, 5) is 70.9. The van der Waals surface area contributed by atoms with E-state index in [9.17, 15) is 19.2 Å². The maximum Gasteiger partial charge on any atom is 0.407 e. The van der Waals surface area contributed by atoms with E-state index in [1.54, 1.807) is 11.2 Å². The number of nitrogens with one attached hydrogen (secondary N) is 4. The Labute approximate surface area is 314 Å². The van der Waals surface area contributed by atoms with Crippen molar-refractivity contribution in [2.45, 2.75) is 77.5 Å². The maximum atomic E-state index is 13.6. The summed E-state index contributed by atoms with van der Waals surface area (Å²) in [5.74, 6) is 6.69. The highest BCUT2D eigenvalue weighted by Crippen LogP contribution is 2.37. The predicted molar refractivity (Wildman–Crippen MR) is 202 cm³/mol. The van der Waals surface area contributed by atoms with Gasteiger partial charge >= 0.3 is 12.2 Å². The Morgan fingerprint density at radius 1 is 0.796 bits per heavy atom. The van der Waals surface area contributed by atoms with E-state index in [4.69, 9.17) is 14.5 Å². The minimum absolute atomic E-state index is 0.115. The van der Waals surface area contributed by atoms with Crippen molar-refractivity contribution in [1.82, 2.24) is 40.4 Å². The molecule has 14 nitrogen and oxygen atoms in total. The average Bonchev–Trinajstić information content (AvgIpc) is 4.00. The second-order valence-corrected chi connectivity index (χ2v) is 14.4. The first-order valence-electron chi connectivity index (χ1n) is 18.4. The fourth-order valence-electron chi connectivity index (χ4n) is 7.31. The number of rotatable bonds is 9. The van der Waals surface area contributed by atoms with Crippen LogP contribution in [0, 0.1) is 23.7 Å². The number of amides is 4. The number of benzene rings is 2. The summed E-state index contributed by atoms with van der Waals surface area (Å²) < 4.78 is 9.52. The number of likely N-dealkylation sites (tertiary alicyclic amines) is 2. The van der Waals surface area contributed by atoms with Crippen LogP contribution in [0.2, 0.25) is 0 Å². The van der Waals surface area contributed by atoms with Crippen molar-refractivity contribution in [2.75, 3.05) is 27.3 Å². The minimum Gasteiger partial charge on any atom is -0.453 e. The van der Waals surface area contributed by atoms with E-state index in [0.717, 1.165) is 64.8 Å². The van der Waals surface area contributed by atoms with Crippen molar-refractivity contribution in [2.24, 2.45) is 11.8 Å². The van der Waals surface area contributed by atoms with Crippen LogP contribution in [0.15, 0.2) is 48.8 Å². The molecule has 2 aromatic heterocycles. The zero-order chi connectivity index (χ0) is 38.5. The predicted octanol–water partition coefficient (Wildman–Crippen LogP) is 5.44. The van der Waals surface area contributed by atoms with Crippen molar-refractivity contribution >= 4 is 35.0 Å². The molecule has 4 N–H and O–H groups in total. The number of methoxy groups -OCH3 is 2. The van der Waals surface area contributed by atoms with Gasteiger partial charge in [-0.15, -0.1) is 0 Å². The Bertz CT molecular complexity index is 2060. The van der Waals surface area contributed by atoms with Gasteiger partial charge in [0.15, 0.2) is 0 Å². The molecule has 0 unspecified atom stereocenters. The molecule has 284 valence electrons. The summed E-state index contributed by atoms with van der Waals surface area (Å²) in [5.41, 5.74) is 5.77. The summed E-state index contributed by atoms with van der Waals surface area (Å²) in [7, 11) is 2.57. The quantitative estimate of drug-likeness (QED) is 0.164. The van der Waals surface area contributed by atoms with Crippen LogP contribution in [0.25, 0.3) is 22.3 Å². The molecule has 2 fully saturated rings. The third kappa shape index (κ3) is 8.05. The molecule has 14 heteroatoms. The number of carbonyl (C=O) groups excluding carboxylic acids is 4. The highest BCUT2D eigenvalue weighted by Gasteiger charge is 2.39. The smallest absolute Gasteiger partial charge is 0.407 e. The van der Waals surface area contributed by atoms with E-state index in [-0.39, 0.29) is 35.7 Å². The van der Waals surface area contributed by atoms with E-state index >= 15 is 0 Å². The summed E-state index contributed by atoms with van der Waals surface area (Å²) in [5, 5.41) is 5.39. The minimum atomic E-state index is -0.701. The Hall–Kier alpha value is -5.84. The van der Waals surface area contributed by atoms with Crippen LogP contribution in [0.5, 0.6) is 0 Å². The monoisotopic (exact) mass is 736 g/mol. The lowest BCUT2D eigenvalue weighted by molar-refractivity contribution is -0.136. The SMILES string of the molecule is COC(=O)N[C@H](C(=O)N1CCC[C@@H]1c1[nH]cnc1-c1ccc(C#Cc2ccc3nc([C@@H]4CCCN4C(=O)[C@H](NC(=O)OC)C(C)C)[nH]c3c2)cc1)C(C)C. The lowest BCUT2D eigenvalue weighted by Crippen LogP contribution is -2.51. The van der Waals surface area contributed by atoms with Gasteiger partial charge in [0.1, 0.15) is 17.9 Å². The molecule has 4 amide bonds. The number of aromatic amines is 2. The topological polar surface area (TPSA) is 175 Å². The highest BCUT2D eigenvalue weighted by atomic mass is 16.5. The lowest BCUT2D eigenvalue weighted by Gasteiger charge is -2.30. The summed E-state index contributed by atoms with van der Waals surface area (Å²) in [6, 6.07) is 11.8. The number of hydrogen-bond donors (Lipinski definition) is 4. The first kappa shape index (κ1) is 37.9. The molecule has 0 saturated carbocycles. The molecule has 2 aromatic carbocycles. The van der Waals surface area contributed by atoms with E-state index in [1.807, 2.05) is 75.1 Å². The number of imidazole rings is 2. The van der Waals surface area contributed by atoms with Crippen LogP contribution >= 0.6 is 0 Å². The molecule has 0 radical (unpaired) electrons. The number of hydrogen-bond acceptors (Lipinski definition) is 8. The van der Waals surface area contributed by atoms with Gasteiger partial charge in [-0.25, -0.2) is 19.6 Å². The van der Waals surface area contributed by atoms with Crippen LogP contribution in [0.4, 0.5) is 9.59 Å². The number of H-pyrrole nitrogens is 2. The number of nitrogens with zero attached hydrogens (tertiary/aromatic N) is 4. The van der Waals surface area contributed by atoms with Crippen LogP contribution in [-0.2, 0) is 19.1 Å². The van der Waals surface area contributed by atoms with E-state index in [1.165, 1.54) is 14.2 Å². The Kier molecular flexibility index (Phi) is 11.5. The van der Waals surface area contributed by atoms with Gasteiger partial charge in [0.05, 0.1) is 55.1 Å². The zero-order valence-electron chi connectivity index (χ0n) is 31.6. The lowest BCUT2D eigenvalue weighted by atomic mass is 10.00. The van der Waals surface area contributed by atoms with Gasteiger partial charge in [-0.2, -0.15) is 0 Å². The van der Waals surface area contributed by atoms with Gasteiger partial charge in [-0.1, -0.05) is 51.7 Å². The third-order valence-corrected chi connectivity index (χ3v) is 10.2. The van der Waals surface area contributed by atoms with Crippen LogP contribution < -0.4 is 10.6 Å². The molecule has 0 aliphatic carbocycles. The number of ether oxygens (including phenoxy) is 2. The molecule has 6 rings (SSSR count). The maximum absolute atomic E-state index is 13.6. The van der Waals surface area contributed by atoms with Gasteiger partial charge in [-0.05, 0) is 67.9 Å². The Morgan fingerprint density at radius 2 is 1.35 bits per heavy atom. The molecule has 4 heterocycles. The molecular formula is C40H48N8O6. The van der Waals surface area contributed by atoms with Gasteiger partial charge < -0.3 is 39.9 Å². The molecule has 0 bridgehead atoms. The van der Waals surface area contributed by atoms with E-state index in [0.29, 0.717) is 18.9 Å². The first-order valence-corrected chi connectivity index (χ1v) is 18.4. The molecule has 2 saturated heterocycles. The van der Waals surface area contributed by atoms with E-state index in [2.05, 4.69) is 37.4 Å². The largest absolute Gasteiger partial charge is 0.453 e. The summed E-state index contributed by atoms with van der Waals surface area (Å²) in [6.45, 7) is 8.75. The summed E-state index contributed by atoms with van der Waals surface area (Å²) >= 11 is 0. The van der Waals surface area contributed by atoms with Crippen molar-refractivity contribution < 1.29 is 28.7 Å². The third-order valence-electron chi connectivity index (χ3n) is 10.2. The van der Waals surface area contributed by atoms with Gasteiger partial charge in [0, 0.05) is 29.8 Å². The van der Waals surface area contributed by atoms with Crippen molar-refractivity contribution in [3.05, 3.63) is 71.4 Å². The molecule has 4 atom stereocenters. The second-order valence-electron chi connectivity index (χ2n) is 14.4. The Balaban J connectivity index is 1.15.